The van der Waals surface area contributed by atoms with Gasteiger partial charge in [-0.2, -0.15) is 0 Å². The maximum Gasteiger partial charge on any atom is 0.318 e. The zero-order chi connectivity index (χ0) is 20.1. The van der Waals surface area contributed by atoms with Crippen molar-refractivity contribution in [2.24, 2.45) is 5.16 Å². The standard InChI is InChI=1S/C21H23ClFN3O2/c1-14(2)24-21(27)26(12-15-3-9-18(23)10-4-15)13-19-11-20(25-28-19)16-5-7-17(22)8-6-16/h3-10,14,19H,11-13H2,1-2H3,(H,24,27)/t19-/m0/s1. The van der Waals surface area contributed by atoms with Crippen molar-refractivity contribution in [1.82, 2.24) is 10.2 Å². The van der Waals surface area contributed by atoms with E-state index in [0.717, 1.165) is 16.8 Å². The van der Waals surface area contributed by atoms with Gasteiger partial charge in [-0.25, -0.2) is 9.18 Å². The van der Waals surface area contributed by atoms with Crippen molar-refractivity contribution in [3.8, 4) is 0 Å². The number of oxime groups is 1. The Morgan fingerprint density at radius 1 is 1.25 bits per heavy atom. The molecule has 2 aromatic carbocycles. The second-order valence-corrected chi connectivity index (χ2v) is 7.52. The number of rotatable bonds is 6. The van der Waals surface area contributed by atoms with Crippen molar-refractivity contribution in [2.45, 2.75) is 39.0 Å². The van der Waals surface area contributed by atoms with Crippen LogP contribution in [0.5, 0.6) is 0 Å². The van der Waals surface area contributed by atoms with Crippen molar-refractivity contribution >= 4 is 23.3 Å². The van der Waals surface area contributed by atoms with Gasteiger partial charge in [0.1, 0.15) is 5.82 Å². The molecule has 1 atom stereocenters. The molecular formula is C21H23ClFN3O2. The van der Waals surface area contributed by atoms with Gasteiger partial charge in [0.05, 0.1) is 12.3 Å². The van der Waals surface area contributed by atoms with E-state index in [4.69, 9.17) is 16.4 Å². The molecular weight excluding hydrogens is 381 g/mol. The minimum atomic E-state index is -0.304. The highest BCUT2D eigenvalue weighted by Crippen LogP contribution is 2.20. The lowest BCUT2D eigenvalue weighted by Crippen LogP contribution is -2.45. The van der Waals surface area contributed by atoms with Crippen LogP contribution in [0.15, 0.2) is 53.7 Å². The van der Waals surface area contributed by atoms with Gasteiger partial charge in [0.2, 0.25) is 0 Å². The summed E-state index contributed by atoms with van der Waals surface area (Å²) < 4.78 is 13.2. The molecule has 0 aliphatic carbocycles. The number of hydrogen-bond donors (Lipinski definition) is 1. The molecule has 0 saturated carbocycles. The molecule has 1 aliphatic heterocycles. The maximum absolute atomic E-state index is 13.2. The van der Waals surface area contributed by atoms with Crippen LogP contribution in [0.3, 0.4) is 0 Å². The first-order valence-electron chi connectivity index (χ1n) is 9.19. The summed E-state index contributed by atoms with van der Waals surface area (Å²) >= 11 is 5.93. The summed E-state index contributed by atoms with van der Waals surface area (Å²) in [6, 6.07) is 13.4. The first-order chi connectivity index (χ1) is 13.4. The van der Waals surface area contributed by atoms with Gasteiger partial charge in [0, 0.05) is 24.0 Å². The quantitative estimate of drug-likeness (QED) is 0.766. The molecule has 0 saturated heterocycles. The Kier molecular flexibility index (Phi) is 6.52. The Morgan fingerprint density at radius 3 is 2.57 bits per heavy atom. The Hall–Kier alpha value is -2.60. The van der Waals surface area contributed by atoms with Gasteiger partial charge >= 0.3 is 6.03 Å². The zero-order valence-corrected chi connectivity index (χ0v) is 16.6. The predicted octanol–water partition coefficient (Wildman–Crippen LogP) is 4.59. The van der Waals surface area contributed by atoms with Crippen LogP contribution in [0, 0.1) is 5.82 Å². The fourth-order valence-electron chi connectivity index (χ4n) is 2.95. The third-order valence-corrected chi connectivity index (χ3v) is 4.57. The molecule has 0 unspecified atom stereocenters. The van der Waals surface area contributed by atoms with Gasteiger partial charge < -0.3 is 15.1 Å². The van der Waals surface area contributed by atoms with Gasteiger partial charge in [-0.05, 0) is 49.2 Å². The summed E-state index contributed by atoms with van der Waals surface area (Å²) in [6.45, 7) is 4.54. The third-order valence-electron chi connectivity index (χ3n) is 4.32. The molecule has 7 heteroatoms. The molecule has 1 heterocycles. The number of nitrogens with one attached hydrogen (secondary N) is 1. The minimum absolute atomic E-state index is 0.00796. The maximum atomic E-state index is 13.2. The van der Waals surface area contributed by atoms with Crippen LogP contribution in [0.1, 0.15) is 31.4 Å². The summed E-state index contributed by atoms with van der Waals surface area (Å²) in [6.07, 6.45) is 0.347. The summed E-state index contributed by atoms with van der Waals surface area (Å²) in [4.78, 5) is 19.9. The third kappa shape index (κ3) is 5.45. The lowest BCUT2D eigenvalue weighted by molar-refractivity contribution is 0.0586. The van der Waals surface area contributed by atoms with Crippen LogP contribution in [-0.4, -0.2) is 35.3 Å². The second-order valence-electron chi connectivity index (χ2n) is 7.09. The van der Waals surface area contributed by atoms with Gasteiger partial charge in [-0.1, -0.05) is 41.0 Å². The summed E-state index contributed by atoms with van der Waals surface area (Å²) in [5, 5.41) is 7.74. The van der Waals surface area contributed by atoms with E-state index in [1.165, 1.54) is 12.1 Å². The molecule has 1 aliphatic rings. The number of amides is 2. The number of urea groups is 1. The minimum Gasteiger partial charge on any atom is -0.390 e. The molecule has 28 heavy (non-hydrogen) atoms. The lowest BCUT2D eigenvalue weighted by atomic mass is 10.0. The topological polar surface area (TPSA) is 53.9 Å². The Labute approximate surface area is 169 Å². The van der Waals surface area contributed by atoms with Crippen molar-refractivity contribution in [1.29, 1.82) is 0 Å². The van der Waals surface area contributed by atoms with Crippen molar-refractivity contribution < 1.29 is 14.0 Å². The van der Waals surface area contributed by atoms with E-state index >= 15 is 0 Å². The van der Waals surface area contributed by atoms with Gasteiger partial charge in [0.25, 0.3) is 0 Å². The highest BCUT2D eigenvalue weighted by Gasteiger charge is 2.27. The van der Waals surface area contributed by atoms with Crippen LogP contribution in [0.2, 0.25) is 5.02 Å². The Morgan fingerprint density at radius 2 is 1.93 bits per heavy atom. The number of carbonyl (C=O) groups is 1. The van der Waals surface area contributed by atoms with Gasteiger partial charge in [-0.15, -0.1) is 0 Å². The van der Waals surface area contributed by atoms with E-state index in [2.05, 4.69) is 10.5 Å². The summed E-state index contributed by atoms with van der Waals surface area (Å²) in [7, 11) is 0. The van der Waals surface area contributed by atoms with E-state index in [-0.39, 0.29) is 24.0 Å². The normalized spacial score (nSPS) is 15.9. The Bertz CT molecular complexity index is 838. The van der Waals surface area contributed by atoms with E-state index in [0.29, 0.717) is 24.5 Å². The zero-order valence-electron chi connectivity index (χ0n) is 15.9. The second kappa shape index (κ2) is 9.06. The average molecular weight is 404 g/mol. The van der Waals surface area contributed by atoms with E-state index in [1.54, 1.807) is 17.0 Å². The van der Waals surface area contributed by atoms with Crippen molar-refractivity contribution in [2.75, 3.05) is 6.54 Å². The smallest absolute Gasteiger partial charge is 0.318 e. The molecule has 0 radical (unpaired) electrons. The molecule has 2 aromatic rings. The molecule has 1 N–H and O–H groups in total. The van der Waals surface area contributed by atoms with Gasteiger partial charge in [-0.3, -0.25) is 0 Å². The molecule has 5 nitrogen and oxygen atoms in total. The first kappa shape index (κ1) is 20.1. The average Bonchev–Trinajstić information content (AvgIpc) is 3.11. The monoisotopic (exact) mass is 403 g/mol. The molecule has 0 fully saturated rings. The fourth-order valence-corrected chi connectivity index (χ4v) is 3.08. The van der Waals surface area contributed by atoms with Crippen LogP contribution in [0.25, 0.3) is 0 Å². The van der Waals surface area contributed by atoms with Crippen LogP contribution in [-0.2, 0) is 11.4 Å². The fraction of sp³-hybridized carbons (Fsp3) is 0.333. The SMILES string of the molecule is CC(C)NC(=O)N(Cc1ccc(F)cc1)C[C@@H]1CC(c2ccc(Cl)cc2)=NO1. The van der Waals surface area contributed by atoms with E-state index in [1.807, 2.05) is 38.1 Å². The Balaban J connectivity index is 1.66. The molecule has 2 amide bonds. The molecule has 0 spiro atoms. The number of carbonyl (C=O) groups excluding carboxylic acids is 1. The highest BCUT2D eigenvalue weighted by molar-refractivity contribution is 6.30. The number of hydrogen-bond acceptors (Lipinski definition) is 3. The highest BCUT2D eigenvalue weighted by atomic mass is 35.5. The van der Waals surface area contributed by atoms with Gasteiger partial charge in [0.15, 0.2) is 6.10 Å². The van der Waals surface area contributed by atoms with Crippen LogP contribution in [0.4, 0.5) is 9.18 Å². The molecule has 148 valence electrons. The van der Waals surface area contributed by atoms with Crippen LogP contribution >= 0.6 is 11.6 Å². The van der Waals surface area contributed by atoms with Crippen molar-refractivity contribution in [3.63, 3.8) is 0 Å². The van der Waals surface area contributed by atoms with E-state index < -0.39 is 0 Å². The summed E-state index contributed by atoms with van der Waals surface area (Å²) in [5.74, 6) is -0.304. The molecule has 0 aromatic heterocycles. The number of benzene rings is 2. The van der Waals surface area contributed by atoms with Crippen LogP contribution < -0.4 is 5.32 Å². The van der Waals surface area contributed by atoms with Crippen molar-refractivity contribution in [3.05, 3.63) is 70.5 Å². The lowest BCUT2D eigenvalue weighted by Gasteiger charge is -2.26. The largest absolute Gasteiger partial charge is 0.390 e. The number of halogens is 2. The first-order valence-corrected chi connectivity index (χ1v) is 9.57. The molecule has 0 bridgehead atoms. The van der Waals surface area contributed by atoms with E-state index in [9.17, 15) is 9.18 Å². The molecule has 3 rings (SSSR count). The predicted molar refractivity (Wildman–Crippen MR) is 108 cm³/mol. The summed E-state index contributed by atoms with van der Waals surface area (Å²) in [5.41, 5.74) is 2.62. The number of nitrogens with zero attached hydrogens (tertiary/aromatic N) is 2.